The van der Waals surface area contributed by atoms with Crippen LogP contribution >= 0.6 is 0 Å². The van der Waals surface area contributed by atoms with Crippen LogP contribution in [0.2, 0.25) is 0 Å². The SMILES string of the molecule is CCCCCCCC/C=C\CCCCCCCCCCCCCCCC(=O)N[C@@H](CO[C@@H]1OC(CO)[C@@H](O[C@@H]2OC(CO)[C@H](O[C@@H]3OC(CO)[C@H](O)[C@H](O[C@@H]4OC(CO)[C@H](O)[C@H](O[C@]5(C(=O)O)CC(O)[C@@H](NC(C)=O)C([C@H](O)[C@H](O)CO)O5)C4O)C3NC(C)=O)[C@H](O[C@]3(C(=O)O)CC(O)[C@@H](NC(=O)CO)C([C@H](O)[C@H](O)CO)O3)C2O)[C@H](O)C1O)[C@H](O)/C=C/CCCCCCCCCCCCC. The zero-order valence-corrected chi connectivity index (χ0v) is 79.1. The van der Waals surface area contributed by atoms with Crippen LogP contribution in [0.1, 0.15) is 259 Å². The van der Waals surface area contributed by atoms with Crippen molar-refractivity contribution in [3.63, 3.8) is 0 Å². The number of aliphatic hydroxyl groups is 20. The third kappa shape index (κ3) is 36.7. The Bertz CT molecular complexity index is 3420. The van der Waals surface area contributed by atoms with Gasteiger partial charge in [-0.2, -0.15) is 0 Å². The number of ether oxygens (including phenoxy) is 12. The van der Waals surface area contributed by atoms with Gasteiger partial charge in [0.2, 0.25) is 23.6 Å². The van der Waals surface area contributed by atoms with Crippen molar-refractivity contribution >= 4 is 35.6 Å². The second-order valence-electron chi connectivity index (χ2n) is 36.7. The van der Waals surface area contributed by atoms with Gasteiger partial charge < -0.3 is 190 Å². The highest BCUT2D eigenvalue weighted by molar-refractivity contribution is 5.79. The van der Waals surface area contributed by atoms with Gasteiger partial charge in [-0.1, -0.05) is 205 Å². The first-order chi connectivity index (χ1) is 65.1. The molecule has 44 nitrogen and oxygen atoms in total. The predicted molar refractivity (Wildman–Crippen MR) is 478 cm³/mol. The Kier molecular flexibility index (Phi) is 55.7. The fourth-order valence-corrected chi connectivity index (χ4v) is 18.0. The summed E-state index contributed by atoms with van der Waals surface area (Å²) in [4.78, 5) is 79.9. The topological polar surface area (TPSA) is 706 Å². The quantitative estimate of drug-likeness (QED) is 0.0231. The van der Waals surface area contributed by atoms with Gasteiger partial charge in [0.15, 0.2) is 25.2 Å². The molecule has 6 aliphatic heterocycles. The molecule has 4 amide bonds. The molecule has 26 N–H and O–H groups in total. The van der Waals surface area contributed by atoms with E-state index >= 15 is 0 Å². The summed E-state index contributed by atoms with van der Waals surface area (Å²) in [5.74, 6) is -15.0. The van der Waals surface area contributed by atoms with Crippen LogP contribution in [-0.2, 0) is 85.6 Å². The van der Waals surface area contributed by atoms with Crippen LogP contribution < -0.4 is 21.3 Å². The average molecular weight is 1960 g/mol. The first-order valence-electron chi connectivity index (χ1n) is 49.0. The maximum Gasteiger partial charge on any atom is 0.364 e. The molecule has 6 saturated heterocycles. The van der Waals surface area contributed by atoms with Gasteiger partial charge in [-0.15, -0.1) is 0 Å². The van der Waals surface area contributed by atoms with E-state index in [0.717, 1.165) is 90.9 Å². The van der Waals surface area contributed by atoms with Gasteiger partial charge in [0.1, 0.15) is 141 Å². The molecule has 6 heterocycles. The predicted octanol–water partition coefficient (Wildman–Crippen LogP) is -2.00. The van der Waals surface area contributed by atoms with Crippen LogP contribution in [0.3, 0.4) is 0 Å². The molecule has 0 aromatic heterocycles. The number of hydrogen-bond donors (Lipinski definition) is 26. The fraction of sp³-hybridized carbons (Fsp3) is 0.891. The number of aliphatic carboxylic acids is 2. The largest absolute Gasteiger partial charge is 0.477 e. The zero-order chi connectivity index (χ0) is 100. The van der Waals surface area contributed by atoms with Crippen molar-refractivity contribution in [1.29, 1.82) is 0 Å². The molecule has 0 bridgehead atoms. The van der Waals surface area contributed by atoms with E-state index in [4.69, 9.17) is 56.8 Å². The number of nitrogens with one attached hydrogen (secondary N) is 4. The summed E-state index contributed by atoms with van der Waals surface area (Å²) in [5, 5.41) is 257. The number of rotatable bonds is 67. The number of aliphatic hydroxyl groups excluding tert-OH is 20. The monoisotopic (exact) mass is 1960 g/mol. The summed E-state index contributed by atoms with van der Waals surface area (Å²) in [6.07, 6.45) is -21.1. The van der Waals surface area contributed by atoms with Crippen molar-refractivity contribution in [2.75, 3.05) is 52.9 Å². The minimum atomic E-state index is -3.57. The highest BCUT2D eigenvalue weighted by Gasteiger charge is 2.64. The van der Waals surface area contributed by atoms with Gasteiger partial charge in [-0.25, -0.2) is 9.59 Å². The fourth-order valence-electron chi connectivity index (χ4n) is 18.0. The highest BCUT2D eigenvalue weighted by atomic mass is 16.8. The standard InChI is InChI=1S/C92H162N4O40/c1-5-7-9-11-13-15-17-19-20-21-22-23-24-25-26-27-28-30-32-34-36-38-40-42-65(111)95-55(56(106)41-39-37-35-33-31-29-18-16-14-12-10-8-6-2)52-125-86-75(118)74(117)78(63(49-101)128-86)130-88-77(120)84(136-92(90(123)124)44-58(108)68(96-66(112)51-103)82(134-92)71(114)60(110)46-98)79(64(50-102)129-88)131-85-69(94-54(4)105)80(72(115)61(47-99)126-85)132-87-76(119)83(73(116)62(48-100)127-87)135-91(89(121)122)43-57(107)67(93-53(3)104)81(133-91)70(113)59(109)45-97/h19-20,39,41,55-64,67-88,97-103,106-110,113-120H,5-18,21-38,40,42-52H2,1-4H3,(H,93,104)(H,94,105)(H,95,111)(H,96,112)(H,121,122)(H,123,124)/b20-19-,41-39+/t55-,56+,57?,58?,59+,60+,61?,62?,63?,64?,67+,68+,69?,70+,71+,72-,73-,74+,75?,76?,77?,78+,79-,80+,81?,82?,83-,84+,85-,86+,87-,88-,91-,92-/m0/s1. The number of hydrogen-bond acceptors (Lipinski definition) is 38. The maximum absolute atomic E-state index is 14.1. The number of carboxylic acid groups (broad SMARTS) is 2. The second-order valence-corrected chi connectivity index (χ2v) is 36.7. The van der Waals surface area contributed by atoms with E-state index in [9.17, 15) is 141 Å². The third-order valence-electron chi connectivity index (χ3n) is 25.8. The third-order valence-corrected chi connectivity index (χ3v) is 25.8. The Labute approximate surface area is 795 Å². The molecule has 12 unspecified atom stereocenters. The van der Waals surface area contributed by atoms with Crippen LogP contribution in [0.5, 0.6) is 0 Å². The molecule has 6 rings (SSSR count). The molecule has 0 spiro atoms. The minimum absolute atomic E-state index is 0.0850. The lowest BCUT2D eigenvalue weighted by Crippen LogP contribution is -2.72. The van der Waals surface area contributed by atoms with E-state index in [-0.39, 0.29) is 6.42 Å². The van der Waals surface area contributed by atoms with Crippen molar-refractivity contribution in [2.45, 2.75) is 466 Å². The first-order valence-corrected chi connectivity index (χ1v) is 49.0. The molecule has 0 aromatic carbocycles. The number of carbonyl (C=O) groups is 6. The summed E-state index contributed by atoms with van der Waals surface area (Å²) in [6, 6.07) is -7.14. The molecule has 0 aliphatic carbocycles. The van der Waals surface area contributed by atoms with Crippen molar-refractivity contribution < 1.29 is 198 Å². The van der Waals surface area contributed by atoms with Gasteiger partial charge in [0, 0.05) is 33.1 Å². The van der Waals surface area contributed by atoms with Crippen LogP contribution in [0.15, 0.2) is 24.3 Å². The van der Waals surface area contributed by atoms with E-state index < -0.39 is 309 Å². The summed E-state index contributed by atoms with van der Waals surface area (Å²) < 4.78 is 72.4. The Morgan fingerprint density at radius 3 is 1.19 bits per heavy atom. The Morgan fingerprint density at radius 2 is 0.757 bits per heavy atom. The molecule has 0 saturated carbocycles. The van der Waals surface area contributed by atoms with Gasteiger partial charge in [-0.05, 0) is 44.9 Å². The smallest absolute Gasteiger partial charge is 0.364 e. The molecular weight excluding hydrogens is 1800 g/mol. The molecule has 136 heavy (non-hydrogen) atoms. The number of unbranched alkanes of at least 4 members (excludes halogenated alkanes) is 30. The van der Waals surface area contributed by atoms with Gasteiger partial charge >= 0.3 is 11.9 Å². The summed E-state index contributed by atoms with van der Waals surface area (Å²) in [6.45, 7) is -3.20. The summed E-state index contributed by atoms with van der Waals surface area (Å²) >= 11 is 0. The molecule has 0 aromatic rings. The minimum Gasteiger partial charge on any atom is -0.477 e. The van der Waals surface area contributed by atoms with E-state index in [1.165, 1.54) is 128 Å². The van der Waals surface area contributed by atoms with Crippen LogP contribution in [-0.4, -0.2) is 408 Å². The van der Waals surface area contributed by atoms with Crippen LogP contribution in [0.25, 0.3) is 0 Å². The molecule has 0 radical (unpaired) electrons. The number of carbonyl (C=O) groups excluding carboxylic acids is 4. The van der Waals surface area contributed by atoms with Crippen molar-refractivity contribution in [3.05, 3.63) is 24.3 Å². The molecule has 6 aliphatic rings. The summed E-state index contributed by atoms with van der Waals surface area (Å²) in [7, 11) is 0. The lowest BCUT2D eigenvalue weighted by atomic mass is 9.88. The first kappa shape index (κ1) is 120. The van der Waals surface area contributed by atoms with E-state index in [1.807, 2.05) is 0 Å². The van der Waals surface area contributed by atoms with Crippen LogP contribution in [0.4, 0.5) is 0 Å². The molecule has 34 atom stereocenters. The van der Waals surface area contributed by atoms with E-state index in [0.29, 0.717) is 12.8 Å². The van der Waals surface area contributed by atoms with Gasteiger partial charge in [0.05, 0.1) is 82.7 Å². The Balaban J connectivity index is 1.25. The molecule has 44 heteroatoms. The molecular formula is C92H162N4O40. The Morgan fingerprint density at radius 1 is 0.390 bits per heavy atom. The molecule has 790 valence electrons. The lowest BCUT2D eigenvalue weighted by molar-refractivity contribution is -0.405. The van der Waals surface area contributed by atoms with Crippen LogP contribution in [0, 0.1) is 0 Å². The maximum atomic E-state index is 14.1. The summed E-state index contributed by atoms with van der Waals surface area (Å²) in [5.41, 5.74) is 0. The second kappa shape index (κ2) is 63.2. The lowest BCUT2D eigenvalue weighted by Gasteiger charge is -2.53. The van der Waals surface area contributed by atoms with Gasteiger partial charge in [-0.3, -0.25) is 19.2 Å². The van der Waals surface area contributed by atoms with E-state index in [1.54, 1.807) is 6.08 Å². The van der Waals surface area contributed by atoms with Crippen molar-refractivity contribution in [2.24, 2.45) is 0 Å². The Hall–Kier alpha value is -4.98. The van der Waals surface area contributed by atoms with Crippen molar-refractivity contribution in [1.82, 2.24) is 21.3 Å². The van der Waals surface area contributed by atoms with Crippen molar-refractivity contribution in [3.8, 4) is 0 Å². The van der Waals surface area contributed by atoms with E-state index in [2.05, 4.69) is 47.3 Å². The van der Waals surface area contributed by atoms with Gasteiger partial charge in [0.25, 0.3) is 11.6 Å². The number of carboxylic acids is 2. The number of allylic oxidation sites excluding steroid dienone is 3. The molecule has 6 fully saturated rings. The average Bonchev–Trinajstić information content (AvgIpc) is 0.748. The zero-order valence-electron chi connectivity index (χ0n) is 79.1. The normalized spacial score (nSPS) is 33.6. The number of amides is 4. The highest BCUT2D eigenvalue weighted by Crippen LogP contribution is 2.43.